The van der Waals surface area contributed by atoms with Crippen LogP contribution in [0.3, 0.4) is 0 Å². The number of nitrogens with two attached hydrogens (primary N) is 1. The van der Waals surface area contributed by atoms with Crippen molar-refractivity contribution >= 4 is 23.4 Å². The topological polar surface area (TPSA) is 116 Å². The molecule has 192 valence electrons. The number of nitrogens with zero attached hydrogens (tertiary/aromatic N) is 2. The lowest BCUT2D eigenvalue weighted by molar-refractivity contribution is -0.137. The van der Waals surface area contributed by atoms with E-state index in [9.17, 15) is 32.7 Å². The van der Waals surface area contributed by atoms with Crippen LogP contribution in [0.15, 0.2) is 18.2 Å². The Balaban J connectivity index is 1.60. The second-order valence-electron chi connectivity index (χ2n) is 9.77. The van der Waals surface area contributed by atoms with Gasteiger partial charge in [-0.15, -0.1) is 0 Å². The summed E-state index contributed by atoms with van der Waals surface area (Å²) in [7, 11) is 0. The van der Waals surface area contributed by atoms with Crippen molar-refractivity contribution in [3.8, 4) is 0 Å². The summed E-state index contributed by atoms with van der Waals surface area (Å²) in [5.41, 5.74) is 6.51. The van der Waals surface area contributed by atoms with Gasteiger partial charge in [-0.05, 0) is 50.7 Å². The number of carbonyl (C=O) groups is 3. The summed E-state index contributed by atoms with van der Waals surface area (Å²) in [5.74, 6) is -1.21. The normalized spacial score (nSPS) is 27.1. The van der Waals surface area contributed by atoms with Gasteiger partial charge in [-0.3, -0.25) is 19.7 Å². The van der Waals surface area contributed by atoms with E-state index in [1.165, 1.54) is 4.90 Å². The van der Waals surface area contributed by atoms with Crippen molar-refractivity contribution in [1.29, 1.82) is 0 Å². The molecule has 1 aromatic rings. The van der Waals surface area contributed by atoms with E-state index < -0.39 is 30.1 Å². The van der Waals surface area contributed by atoms with E-state index in [1.807, 2.05) is 4.90 Å². The van der Waals surface area contributed by atoms with Gasteiger partial charge in [-0.2, -0.15) is 13.2 Å². The minimum Gasteiger partial charge on any atom is -0.389 e. The van der Waals surface area contributed by atoms with Crippen molar-refractivity contribution < 1.29 is 32.7 Å². The van der Waals surface area contributed by atoms with E-state index in [4.69, 9.17) is 5.73 Å². The van der Waals surface area contributed by atoms with Crippen LogP contribution in [0.1, 0.15) is 67.3 Å². The van der Waals surface area contributed by atoms with Crippen molar-refractivity contribution in [3.63, 3.8) is 0 Å². The number of carbonyl (C=O) groups excluding carboxylic acids is 3. The van der Waals surface area contributed by atoms with Crippen LogP contribution >= 0.6 is 0 Å². The molecule has 2 aliphatic heterocycles. The molecule has 0 aromatic heterocycles. The number of fused-ring (bicyclic) bond motifs is 1. The van der Waals surface area contributed by atoms with Gasteiger partial charge in [0.15, 0.2) is 0 Å². The molecule has 1 aromatic carbocycles. The van der Waals surface area contributed by atoms with E-state index in [0.29, 0.717) is 42.5 Å². The van der Waals surface area contributed by atoms with Crippen LogP contribution in [0, 0.1) is 0 Å². The second-order valence-corrected chi connectivity index (χ2v) is 9.77. The number of amides is 3. The minimum atomic E-state index is -4.27. The molecule has 3 amide bonds. The number of piperidine rings is 1. The first-order chi connectivity index (χ1) is 16.5. The maximum absolute atomic E-state index is 13.2. The summed E-state index contributed by atoms with van der Waals surface area (Å²) in [6.07, 6.45) is -2.90. The number of benzene rings is 1. The number of nitrogens with one attached hydrogen (secondary N) is 1. The molecule has 0 spiro atoms. The third-order valence-corrected chi connectivity index (χ3v) is 7.43. The zero-order valence-corrected chi connectivity index (χ0v) is 19.4. The summed E-state index contributed by atoms with van der Waals surface area (Å²) in [6.45, 7) is 0.421. The van der Waals surface area contributed by atoms with Gasteiger partial charge < -0.3 is 20.6 Å². The number of halogens is 3. The number of hydrogen-bond donors (Lipinski definition) is 3. The largest absolute Gasteiger partial charge is 0.389 e. The fourth-order valence-corrected chi connectivity index (χ4v) is 5.44. The molecule has 4 N–H and O–H groups in total. The summed E-state index contributed by atoms with van der Waals surface area (Å²) >= 11 is 0. The van der Waals surface area contributed by atoms with Crippen molar-refractivity contribution in [3.05, 3.63) is 29.3 Å². The Morgan fingerprint density at radius 2 is 1.89 bits per heavy atom. The third kappa shape index (κ3) is 5.45. The molecule has 2 fully saturated rings. The lowest BCUT2D eigenvalue weighted by atomic mass is 9.81. The SMILES string of the molecule is NCC1(O)CCC(N(CCCC(F)(F)F)c2cccc3c2CN(C2CCC(=O)NC2=O)C3=O)CC1. The lowest BCUT2D eigenvalue weighted by Gasteiger charge is -2.42. The first-order valence-electron chi connectivity index (χ1n) is 12.0. The highest BCUT2D eigenvalue weighted by atomic mass is 19.4. The molecular weight excluding hydrogens is 465 g/mol. The number of imide groups is 1. The van der Waals surface area contributed by atoms with Crippen molar-refractivity contribution in [2.45, 2.75) is 81.8 Å². The highest BCUT2D eigenvalue weighted by molar-refractivity contribution is 6.06. The van der Waals surface area contributed by atoms with Crippen molar-refractivity contribution in [2.75, 3.05) is 18.0 Å². The minimum absolute atomic E-state index is 0.102. The molecule has 0 radical (unpaired) electrons. The summed E-state index contributed by atoms with van der Waals surface area (Å²) in [4.78, 5) is 40.5. The summed E-state index contributed by atoms with van der Waals surface area (Å²) < 4.78 is 38.7. The summed E-state index contributed by atoms with van der Waals surface area (Å²) in [5, 5.41) is 12.8. The fourth-order valence-electron chi connectivity index (χ4n) is 5.44. The van der Waals surface area contributed by atoms with Gasteiger partial charge in [0.05, 0.1) is 5.60 Å². The molecule has 1 atom stereocenters. The predicted molar refractivity (Wildman–Crippen MR) is 121 cm³/mol. The van der Waals surface area contributed by atoms with Crippen molar-refractivity contribution in [1.82, 2.24) is 10.2 Å². The second kappa shape index (κ2) is 9.77. The lowest BCUT2D eigenvalue weighted by Crippen LogP contribution is -2.52. The molecule has 1 saturated carbocycles. The van der Waals surface area contributed by atoms with Gasteiger partial charge in [-0.1, -0.05) is 6.07 Å². The van der Waals surface area contributed by atoms with Gasteiger partial charge >= 0.3 is 6.18 Å². The van der Waals surface area contributed by atoms with Gasteiger partial charge in [0.25, 0.3) is 5.91 Å². The van der Waals surface area contributed by atoms with Gasteiger partial charge in [0, 0.05) is 55.3 Å². The Hall–Kier alpha value is -2.66. The molecule has 8 nitrogen and oxygen atoms in total. The van der Waals surface area contributed by atoms with Crippen LogP contribution < -0.4 is 16.0 Å². The van der Waals surface area contributed by atoms with E-state index in [-0.39, 0.29) is 56.8 Å². The maximum Gasteiger partial charge on any atom is 0.389 e. The predicted octanol–water partition coefficient (Wildman–Crippen LogP) is 2.23. The Labute approximate surface area is 201 Å². The highest BCUT2D eigenvalue weighted by Gasteiger charge is 2.41. The Morgan fingerprint density at radius 1 is 1.17 bits per heavy atom. The standard InChI is InChI=1S/C24H31F3N4O4/c25-24(26,27)9-2-12-30(15-7-10-23(35,14-28)11-8-15)18-4-1-3-16-17(18)13-31(22(16)34)19-5-6-20(32)29-21(19)33/h1,3-4,15,19,35H,2,5-14,28H2,(H,29,32,33). The maximum atomic E-state index is 13.2. The molecule has 1 aliphatic carbocycles. The smallest absolute Gasteiger partial charge is 0.389 e. The van der Waals surface area contributed by atoms with Gasteiger partial charge in [0.2, 0.25) is 11.8 Å². The number of rotatable bonds is 7. The zero-order valence-electron chi connectivity index (χ0n) is 19.4. The average molecular weight is 497 g/mol. The molecule has 2 heterocycles. The number of aliphatic hydroxyl groups is 1. The van der Waals surface area contributed by atoms with Crippen LogP contribution in [0.25, 0.3) is 0 Å². The Kier molecular flexibility index (Phi) is 7.10. The molecule has 0 bridgehead atoms. The van der Waals surface area contributed by atoms with E-state index in [1.54, 1.807) is 18.2 Å². The van der Waals surface area contributed by atoms with Crippen LogP contribution in [0.2, 0.25) is 0 Å². The van der Waals surface area contributed by atoms with Crippen LogP contribution in [0.4, 0.5) is 18.9 Å². The third-order valence-electron chi connectivity index (χ3n) is 7.43. The van der Waals surface area contributed by atoms with E-state index in [0.717, 1.165) is 0 Å². The monoisotopic (exact) mass is 496 g/mol. The van der Waals surface area contributed by atoms with E-state index >= 15 is 0 Å². The number of anilines is 1. The molecule has 11 heteroatoms. The van der Waals surface area contributed by atoms with Crippen LogP contribution in [-0.4, -0.2) is 64.7 Å². The molecule has 1 unspecified atom stereocenters. The van der Waals surface area contributed by atoms with E-state index in [2.05, 4.69) is 5.32 Å². The molecule has 4 rings (SSSR count). The Morgan fingerprint density at radius 3 is 2.51 bits per heavy atom. The van der Waals surface area contributed by atoms with Gasteiger partial charge in [-0.25, -0.2) is 0 Å². The molecule has 1 saturated heterocycles. The quantitative estimate of drug-likeness (QED) is 0.499. The molecule has 3 aliphatic rings. The Bertz CT molecular complexity index is 991. The van der Waals surface area contributed by atoms with Crippen LogP contribution in [0.5, 0.6) is 0 Å². The average Bonchev–Trinajstić information content (AvgIpc) is 3.13. The molecular formula is C24H31F3N4O4. The first kappa shape index (κ1) is 25.4. The van der Waals surface area contributed by atoms with Crippen molar-refractivity contribution in [2.24, 2.45) is 5.73 Å². The van der Waals surface area contributed by atoms with Gasteiger partial charge in [0.1, 0.15) is 6.04 Å². The fraction of sp³-hybridized carbons (Fsp3) is 0.625. The first-order valence-corrected chi connectivity index (χ1v) is 12.0. The highest BCUT2D eigenvalue weighted by Crippen LogP contribution is 2.39. The van der Waals surface area contributed by atoms with Crippen LogP contribution in [-0.2, 0) is 16.1 Å². The molecule has 35 heavy (non-hydrogen) atoms. The summed E-state index contributed by atoms with van der Waals surface area (Å²) in [6, 6.07) is 4.29. The number of hydrogen-bond acceptors (Lipinski definition) is 6. The zero-order chi connectivity index (χ0) is 25.4. The number of alkyl halides is 3.